The molecule has 1 fully saturated rings. The predicted octanol–water partition coefficient (Wildman–Crippen LogP) is 5.29. The van der Waals surface area contributed by atoms with Crippen LogP contribution < -0.4 is 9.64 Å². The van der Waals surface area contributed by atoms with Crippen LogP contribution in [0.15, 0.2) is 55.1 Å². The number of hydrogen-bond acceptors (Lipinski definition) is 7. The summed E-state index contributed by atoms with van der Waals surface area (Å²) in [5, 5.41) is 11.3. The average molecular weight is 504 g/mol. The van der Waals surface area contributed by atoms with E-state index in [2.05, 4.69) is 45.7 Å². The number of halogens is 1. The molecule has 1 aliphatic rings. The minimum Gasteiger partial charge on any atom is -0.467 e. The molecule has 1 aliphatic heterocycles. The van der Waals surface area contributed by atoms with Crippen LogP contribution in [0.4, 0.5) is 5.82 Å². The van der Waals surface area contributed by atoms with E-state index in [-0.39, 0.29) is 24.4 Å². The van der Waals surface area contributed by atoms with Crippen LogP contribution in [0.5, 0.6) is 6.01 Å². The van der Waals surface area contributed by atoms with Gasteiger partial charge in [0, 0.05) is 29.7 Å². The van der Waals surface area contributed by atoms with E-state index in [0.717, 1.165) is 42.3 Å². The van der Waals surface area contributed by atoms with Gasteiger partial charge in [-0.3, -0.25) is 4.79 Å². The Bertz CT molecular complexity index is 1490. The lowest BCUT2D eigenvalue weighted by Gasteiger charge is -2.41. The molecular weight excluding hydrogens is 482 g/mol. The molecule has 1 amide bonds. The van der Waals surface area contributed by atoms with Gasteiger partial charge in [-0.15, -0.1) is 11.3 Å². The summed E-state index contributed by atoms with van der Waals surface area (Å²) in [6, 6.07) is 16.5. The number of nitrogens with zero attached hydrogens (tertiary/aromatic N) is 5. The molecular formula is C26H22ClN5O2S. The Kier molecular flexibility index (Phi) is 6.29. The fraction of sp³-hybridized carbons (Fsp3) is 0.231. The van der Waals surface area contributed by atoms with E-state index in [0.29, 0.717) is 19.6 Å². The molecule has 2 aromatic carbocycles. The fourth-order valence-electron chi connectivity index (χ4n) is 4.59. The van der Waals surface area contributed by atoms with E-state index in [9.17, 15) is 10.1 Å². The van der Waals surface area contributed by atoms with Crippen molar-refractivity contribution in [2.45, 2.75) is 12.5 Å². The summed E-state index contributed by atoms with van der Waals surface area (Å²) in [5.41, 5.74) is 2.87. The number of carbonyl (C=O) groups is 1. The van der Waals surface area contributed by atoms with Gasteiger partial charge in [0.15, 0.2) is 0 Å². The Morgan fingerprint density at radius 1 is 1.31 bits per heavy atom. The van der Waals surface area contributed by atoms with Crippen molar-refractivity contribution in [2.75, 3.05) is 31.6 Å². The molecule has 0 unspecified atom stereocenters. The van der Waals surface area contributed by atoms with Crippen LogP contribution in [-0.2, 0) is 4.79 Å². The van der Waals surface area contributed by atoms with Gasteiger partial charge in [-0.1, -0.05) is 42.4 Å². The second kappa shape index (κ2) is 9.53. The number of fused-ring (bicyclic) bond motifs is 2. The van der Waals surface area contributed by atoms with Crippen LogP contribution >= 0.6 is 22.9 Å². The Morgan fingerprint density at radius 3 is 2.94 bits per heavy atom. The van der Waals surface area contributed by atoms with Crippen LogP contribution in [0.2, 0.25) is 4.34 Å². The van der Waals surface area contributed by atoms with E-state index in [4.69, 9.17) is 16.3 Å². The molecule has 176 valence electrons. The summed E-state index contributed by atoms with van der Waals surface area (Å²) in [5.74, 6) is 0.562. The number of methoxy groups -OCH3 is 1. The molecule has 0 saturated carbocycles. The summed E-state index contributed by atoms with van der Waals surface area (Å²) < 4.78 is 7.31. The molecule has 0 N–H and O–H groups in total. The highest BCUT2D eigenvalue weighted by Crippen LogP contribution is 2.38. The van der Waals surface area contributed by atoms with Crippen molar-refractivity contribution in [3.8, 4) is 23.2 Å². The third-order valence-corrected chi connectivity index (χ3v) is 7.54. The second-order valence-electron chi connectivity index (χ2n) is 8.24. The third-order valence-electron chi connectivity index (χ3n) is 6.23. The molecule has 1 atom stereocenters. The SMILES string of the molecule is C=CC(=O)N1CCN(c2nc(OC)nc3cc(-c4cccc5cc(Cl)sc45)ccc23)C[C@@H]1CC#N. The third kappa shape index (κ3) is 4.29. The highest BCUT2D eigenvalue weighted by molar-refractivity contribution is 7.23. The lowest BCUT2D eigenvalue weighted by Crippen LogP contribution is -2.55. The minimum absolute atomic E-state index is 0.164. The first-order valence-corrected chi connectivity index (χ1v) is 12.3. The maximum atomic E-state index is 12.3. The molecule has 9 heteroatoms. The van der Waals surface area contributed by atoms with Crippen molar-refractivity contribution >= 4 is 55.7 Å². The van der Waals surface area contributed by atoms with Gasteiger partial charge >= 0.3 is 6.01 Å². The number of piperazine rings is 1. The van der Waals surface area contributed by atoms with Crippen molar-refractivity contribution in [3.05, 3.63) is 59.5 Å². The summed E-state index contributed by atoms with van der Waals surface area (Å²) in [6.07, 6.45) is 1.53. The van der Waals surface area contributed by atoms with Crippen molar-refractivity contribution in [1.29, 1.82) is 5.26 Å². The summed E-state index contributed by atoms with van der Waals surface area (Å²) >= 11 is 7.84. The van der Waals surface area contributed by atoms with Gasteiger partial charge < -0.3 is 14.5 Å². The number of aromatic nitrogens is 2. The van der Waals surface area contributed by atoms with Crippen LogP contribution in [0, 0.1) is 11.3 Å². The van der Waals surface area contributed by atoms with E-state index >= 15 is 0 Å². The largest absolute Gasteiger partial charge is 0.467 e. The van der Waals surface area contributed by atoms with Gasteiger partial charge in [0.05, 0.1) is 35.5 Å². The number of benzene rings is 2. The smallest absolute Gasteiger partial charge is 0.318 e. The maximum Gasteiger partial charge on any atom is 0.318 e. The number of hydrogen-bond donors (Lipinski definition) is 0. The first kappa shape index (κ1) is 23.1. The van der Waals surface area contributed by atoms with Crippen LogP contribution in [0.1, 0.15) is 6.42 Å². The zero-order chi connectivity index (χ0) is 24.5. The normalized spacial score (nSPS) is 15.9. The molecule has 7 nitrogen and oxygen atoms in total. The molecule has 0 bridgehead atoms. The van der Waals surface area contributed by atoms with Gasteiger partial charge in [0.1, 0.15) is 5.82 Å². The number of nitriles is 1. The van der Waals surface area contributed by atoms with Crippen molar-refractivity contribution in [3.63, 3.8) is 0 Å². The minimum atomic E-state index is -0.254. The Hall–Kier alpha value is -3.67. The van der Waals surface area contributed by atoms with Crippen LogP contribution in [-0.4, -0.2) is 53.6 Å². The maximum absolute atomic E-state index is 12.3. The molecule has 0 aliphatic carbocycles. The zero-order valence-electron chi connectivity index (χ0n) is 19.1. The highest BCUT2D eigenvalue weighted by atomic mass is 35.5. The molecule has 3 heterocycles. The highest BCUT2D eigenvalue weighted by Gasteiger charge is 2.31. The van der Waals surface area contributed by atoms with Crippen LogP contribution in [0.3, 0.4) is 0 Å². The monoisotopic (exact) mass is 503 g/mol. The molecule has 1 saturated heterocycles. The standard InChI is InChI=1S/C26H22ClN5O2S/c1-3-23(33)32-12-11-31(15-18(32)9-10-28)25-20-8-7-16(13-21(20)29-26(30-25)34-2)19-6-4-5-17-14-22(27)35-24(17)19/h3-8,13-14,18H,1,9,11-12,15H2,2H3/t18-/m0/s1. The van der Waals surface area contributed by atoms with Gasteiger partial charge in [0.25, 0.3) is 0 Å². The molecule has 4 aromatic rings. The predicted molar refractivity (Wildman–Crippen MR) is 140 cm³/mol. The average Bonchev–Trinajstić information content (AvgIpc) is 3.27. The number of thiophene rings is 1. The van der Waals surface area contributed by atoms with E-state index in [1.54, 1.807) is 23.3 Å². The Balaban J connectivity index is 1.57. The van der Waals surface area contributed by atoms with Crippen molar-refractivity contribution in [1.82, 2.24) is 14.9 Å². The lowest BCUT2D eigenvalue weighted by atomic mass is 10.0. The molecule has 0 spiro atoms. The van der Waals surface area contributed by atoms with Gasteiger partial charge in [-0.2, -0.15) is 15.2 Å². The Labute approximate surface area is 211 Å². The number of amides is 1. The molecule has 5 rings (SSSR count). The first-order valence-electron chi connectivity index (χ1n) is 11.1. The number of carbonyl (C=O) groups excluding carboxylic acids is 1. The first-order chi connectivity index (χ1) is 17.0. The quantitative estimate of drug-likeness (QED) is 0.344. The summed E-state index contributed by atoms with van der Waals surface area (Å²) in [7, 11) is 1.54. The molecule has 0 radical (unpaired) electrons. The zero-order valence-corrected chi connectivity index (χ0v) is 20.6. The van der Waals surface area contributed by atoms with Gasteiger partial charge in [-0.25, -0.2) is 0 Å². The van der Waals surface area contributed by atoms with Crippen molar-refractivity contribution < 1.29 is 9.53 Å². The van der Waals surface area contributed by atoms with E-state index in [1.165, 1.54) is 6.08 Å². The van der Waals surface area contributed by atoms with Gasteiger partial charge in [0.2, 0.25) is 5.91 Å². The number of rotatable bonds is 5. The Morgan fingerprint density at radius 2 is 2.17 bits per heavy atom. The van der Waals surface area contributed by atoms with Crippen molar-refractivity contribution in [2.24, 2.45) is 0 Å². The van der Waals surface area contributed by atoms with E-state index in [1.807, 2.05) is 24.3 Å². The van der Waals surface area contributed by atoms with Gasteiger partial charge in [-0.05, 0) is 40.8 Å². The summed E-state index contributed by atoms with van der Waals surface area (Å²) in [6.45, 7) is 5.13. The fourth-order valence-corrected chi connectivity index (χ4v) is 5.86. The number of ether oxygens (including phenoxy) is 1. The summed E-state index contributed by atoms with van der Waals surface area (Å²) in [4.78, 5) is 25.4. The number of anilines is 1. The second-order valence-corrected chi connectivity index (χ2v) is 9.92. The van der Waals surface area contributed by atoms with E-state index < -0.39 is 0 Å². The topological polar surface area (TPSA) is 82.3 Å². The molecule has 2 aromatic heterocycles. The molecule has 35 heavy (non-hydrogen) atoms. The van der Waals surface area contributed by atoms with Crippen LogP contribution in [0.25, 0.3) is 32.1 Å². The lowest BCUT2D eigenvalue weighted by molar-refractivity contribution is -0.128.